The lowest BCUT2D eigenvalue weighted by Gasteiger charge is -2.22. The minimum Gasteiger partial charge on any atom is -0.379 e. The standard InChI is InChI=1S/C12H16N4O/c1-8-2-3-10-12(14-8)16-11(15-10)6-9-7-17-5-4-13-9/h2-3,9,13H,4-7H2,1H3,(H,14,15,16). The van der Waals surface area contributed by atoms with Crippen LogP contribution < -0.4 is 5.32 Å². The predicted molar refractivity (Wildman–Crippen MR) is 64.9 cm³/mol. The SMILES string of the molecule is Cc1ccc2[nH]c(CC3COCCN3)nc2n1. The molecule has 17 heavy (non-hydrogen) atoms. The number of hydrogen-bond donors (Lipinski definition) is 2. The van der Waals surface area contributed by atoms with Gasteiger partial charge in [0.15, 0.2) is 5.65 Å². The van der Waals surface area contributed by atoms with Gasteiger partial charge in [-0.05, 0) is 19.1 Å². The van der Waals surface area contributed by atoms with E-state index in [0.717, 1.165) is 48.9 Å². The summed E-state index contributed by atoms with van der Waals surface area (Å²) in [5.74, 6) is 0.973. The van der Waals surface area contributed by atoms with Crippen molar-refractivity contribution in [1.29, 1.82) is 0 Å². The number of hydrogen-bond acceptors (Lipinski definition) is 4. The number of H-pyrrole nitrogens is 1. The predicted octanol–water partition coefficient (Wildman–Crippen LogP) is 0.797. The van der Waals surface area contributed by atoms with Crippen LogP contribution in [0.1, 0.15) is 11.5 Å². The van der Waals surface area contributed by atoms with Gasteiger partial charge in [0.05, 0.1) is 18.7 Å². The van der Waals surface area contributed by atoms with Gasteiger partial charge in [-0.15, -0.1) is 0 Å². The summed E-state index contributed by atoms with van der Waals surface area (Å²) in [7, 11) is 0. The molecule has 1 fully saturated rings. The van der Waals surface area contributed by atoms with Crippen molar-refractivity contribution in [1.82, 2.24) is 20.3 Å². The highest BCUT2D eigenvalue weighted by Crippen LogP contribution is 2.11. The first-order chi connectivity index (χ1) is 8.31. The Bertz CT molecular complexity index is 516. The number of aromatic nitrogens is 3. The molecule has 1 aliphatic rings. The maximum absolute atomic E-state index is 5.43. The lowest BCUT2D eigenvalue weighted by Crippen LogP contribution is -2.42. The summed E-state index contributed by atoms with van der Waals surface area (Å²) >= 11 is 0. The fraction of sp³-hybridized carbons (Fsp3) is 0.500. The Kier molecular flexibility index (Phi) is 2.78. The lowest BCUT2D eigenvalue weighted by molar-refractivity contribution is 0.0765. The molecule has 3 rings (SSSR count). The maximum Gasteiger partial charge on any atom is 0.177 e. The summed E-state index contributed by atoms with van der Waals surface area (Å²) in [6.07, 6.45) is 0.857. The highest BCUT2D eigenvalue weighted by atomic mass is 16.5. The van der Waals surface area contributed by atoms with E-state index in [-0.39, 0.29) is 0 Å². The number of imidazole rings is 1. The summed E-state index contributed by atoms with van der Waals surface area (Å²) in [4.78, 5) is 12.2. The molecule has 0 aliphatic carbocycles. The van der Waals surface area contributed by atoms with E-state index in [1.807, 2.05) is 19.1 Å². The number of morpholine rings is 1. The molecule has 5 nitrogen and oxygen atoms in total. The minimum atomic E-state index is 0.352. The van der Waals surface area contributed by atoms with Gasteiger partial charge < -0.3 is 15.0 Å². The van der Waals surface area contributed by atoms with E-state index in [0.29, 0.717) is 6.04 Å². The molecule has 5 heteroatoms. The van der Waals surface area contributed by atoms with Crippen molar-refractivity contribution < 1.29 is 4.74 Å². The van der Waals surface area contributed by atoms with Crippen molar-refractivity contribution >= 4 is 11.2 Å². The molecule has 3 heterocycles. The first-order valence-electron chi connectivity index (χ1n) is 5.94. The average Bonchev–Trinajstić information content (AvgIpc) is 2.71. The second-order valence-electron chi connectivity index (χ2n) is 4.44. The van der Waals surface area contributed by atoms with E-state index in [2.05, 4.69) is 20.3 Å². The summed E-state index contributed by atoms with van der Waals surface area (Å²) in [5.41, 5.74) is 2.80. The lowest BCUT2D eigenvalue weighted by atomic mass is 10.2. The number of ether oxygens (including phenoxy) is 1. The van der Waals surface area contributed by atoms with E-state index in [4.69, 9.17) is 4.74 Å². The number of aryl methyl sites for hydroxylation is 1. The number of nitrogens with one attached hydrogen (secondary N) is 2. The van der Waals surface area contributed by atoms with Crippen LogP contribution in [0.3, 0.4) is 0 Å². The van der Waals surface area contributed by atoms with Crippen LogP contribution in [-0.2, 0) is 11.2 Å². The maximum atomic E-state index is 5.43. The largest absolute Gasteiger partial charge is 0.379 e. The first-order valence-corrected chi connectivity index (χ1v) is 5.94. The van der Waals surface area contributed by atoms with Crippen LogP contribution in [0, 0.1) is 6.92 Å². The molecule has 0 spiro atoms. The Labute approximate surface area is 99.6 Å². The van der Waals surface area contributed by atoms with Crippen molar-refractivity contribution in [2.45, 2.75) is 19.4 Å². The van der Waals surface area contributed by atoms with Crippen LogP contribution in [0.2, 0.25) is 0 Å². The zero-order valence-corrected chi connectivity index (χ0v) is 9.86. The fourth-order valence-electron chi connectivity index (χ4n) is 2.12. The number of rotatable bonds is 2. The van der Waals surface area contributed by atoms with Crippen molar-refractivity contribution in [3.05, 3.63) is 23.7 Å². The molecular formula is C12H16N4O. The van der Waals surface area contributed by atoms with Crippen LogP contribution >= 0.6 is 0 Å². The smallest absolute Gasteiger partial charge is 0.177 e. The molecule has 2 N–H and O–H groups in total. The molecule has 0 saturated carbocycles. The van der Waals surface area contributed by atoms with Crippen LogP contribution in [0.25, 0.3) is 11.2 Å². The highest BCUT2D eigenvalue weighted by Gasteiger charge is 2.15. The van der Waals surface area contributed by atoms with E-state index in [1.54, 1.807) is 0 Å². The van der Waals surface area contributed by atoms with Crippen molar-refractivity contribution in [2.24, 2.45) is 0 Å². The molecule has 2 aromatic heterocycles. The second-order valence-corrected chi connectivity index (χ2v) is 4.44. The van der Waals surface area contributed by atoms with Gasteiger partial charge in [0.25, 0.3) is 0 Å². The molecule has 0 radical (unpaired) electrons. The topological polar surface area (TPSA) is 62.8 Å². The van der Waals surface area contributed by atoms with Crippen molar-refractivity contribution in [2.75, 3.05) is 19.8 Å². The molecule has 0 amide bonds. The quantitative estimate of drug-likeness (QED) is 0.804. The second kappa shape index (κ2) is 4.43. The molecule has 90 valence electrons. The van der Waals surface area contributed by atoms with Gasteiger partial charge in [0.1, 0.15) is 5.82 Å². The Morgan fingerprint density at radius 3 is 3.18 bits per heavy atom. The van der Waals surface area contributed by atoms with Crippen LogP contribution in [-0.4, -0.2) is 40.8 Å². The van der Waals surface area contributed by atoms with E-state index < -0.39 is 0 Å². The monoisotopic (exact) mass is 232 g/mol. The van der Waals surface area contributed by atoms with Gasteiger partial charge in [0.2, 0.25) is 0 Å². The van der Waals surface area contributed by atoms with E-state index in [1.165, 1.54) is 0 Å². The third-order valence-electron chi connectivity index (χ3n) is 2.97. The minimum absolute atomic E-state index is 0.352. The summed E-state index contributed by atoms with van der Waals surface area (Å²) < 4.78 is 5.43. The Hall–Kier alpha value is -1.46. The molecular weight excluding hydrogens is 216 g/mol. The molecule has 1 unspecified atom stereocenters. The van der Waals surface area contributed by atoms with Crippen LogP contribution in [0.4, 0.5) is 0 Å². The van der Waals surface area contributed by atoms with Crippen LogP contribution in [0.5, 0.6) is 0 Å². The Morgan fingerprint density at radius 1 is 1.41 bits per heavy atom. The Balaban J connectivity index is 1.80. The molecule has 2 aromatic rings. The van der Waals surface area contributed by atoms with Gasteiger partial charge in [-0.25, -0.2) is 9.97 Å². The average molecular weight is 232 g/mol. The molecule has 0 aromatic carbocycles. The van der Waals surface area contributed by atoms with Gasteiger partial charge in [0, 0.05) is 24.7 Å². The Morgan fingerprint density at radius 2 is 2.35 bits per heavy atom. The van der Waals surface area contributed by atoms with Crippen molar-refractivity contribution in [3.8, 4) is 0 Å². The van der Waals surface area contributed by atoms with E-state index >= 15 is 0 Å². The molecule has 1 aliphatic heterocycles. The molecule has 0 bridgehead atoms. The van der Waals surface area contributed by atoms with Crippen molar-refractivity contribution in [3.63, 3.8) is 0 Å². The van der Waals surface area contributed by atoms with Gasteiger partial charge >= 0.3 is 0 Å². The first kappa shape index (κ1) is 10.7. The zero-order valence-electron chi connectivity index (χ0n) is 9.86. The van der Waals surface area contributed by atoms with Gasteiger partial charge in [-0.3, -0.25) is 0 Å². The normalized spacial score (nSPS) is 20.9. The number of pyridine rings is 1. The highest BCUT2D eigenvalue weighted by molar-refractivity contribution is 5.70. The van der Waals surface area contributed by atoms with E-state index in [9.17, 15) is 0 Å². The van der Waals surface area contributed by atoms with Gasteiger partial charge in [-0.1, -0.05) is 0 Å². The fourth-order valence-corrected chi connectivity index (χ4v) is 2.12. The molecule has 1 atom stereocenters. The number of aromatic amines is 1. The third kappa shape index (κ3) is 2.30. The summed E-state index contributed by atoms with van der Waals surface area (Å²) in [6, 6.07) is 4.37. The third-order valence-corrected chi connectivity index (χ3v) is 2.97. The zero-order chi connectivity index (χ0) is 11.7. The number of nitrogens with zero attached hydrogens (tertiary/aromatic N) is 2. The summed E-state index contributed by atoms with van der Waals surface area (Å²) in [6.45, 7) is 4.45. The summed E-state index contributed by atoms with van der Waals surface area (Å²) in [5, 5.41) is 3.42. The van der Waals surface area contributed by atoms with Gasteiger partial charge in [-0.2, -0.15) is 0 Å². The molecule has 1 saturated heterocycles. The van der Waals surface area contributed by atoms with Crippen LogP contribution in [0.15, 0.2) is 12.1 Å². The number of fused-ring (bicyclic) bond motifs is 1.